The Bertz CT molecular complexity index is 398. The number of amides is 1. The molecule has 0 heterocycles. The van der Waals surface area contributed by atoms with Crippen LogP contribution in [-0.4, -0.2) is 11.9 Å². The standard InChI is InChI=1S/C16H24N2O/c1-12(13-7-5-6-8-13)18-16(19)11-15(17)14-9-3-2-4-10-14/h2-4,9-10,12-13,15H,5-8,11,17H2,1H3,(H,18,19)/t12-,15?/m0/s1. The first-order valence-electron chi connectivity index (χ1n) is 7.26. The number of hydrogen-bond acceptors (Lipinski definition) is 2. The van der Waals surface area contributed by atoms with Gasteiger partial charge in [0.25, 0.3) is 0 Å². The van der Waals surface area contributed by atoms with E-state index in [1.54, 1.807) is 0 Å². The lowest BCUT2D eigenvalue weighted by Gasteiger charge is -2.21. The van der Waals surface area contributed by atoms with Crippen molar-refractivity contribution >= 4 is 5.91 Å². The summed E-state index contributed by atoms with van der Waals surface area (Å²) in [5.41, 5.74) is 7.08. The lowest BCUT2D eigenvalue weighted by Crippen LogP contribution is -2.38. The summed E-state index contributed by atoms with van der Waals surface area (Å²) in [5, 5.41) is 3.10. The molecule has 3 N–H and O–H groups in total. The fourth-order valence-electron chi connectivity index (χ4n) is 2.91. The van der Waals surface area contributed by atoms with Crippen molar-refractivity contribution in [2.24, 2.45) is 11.7 Å². The van der Waals surface area contributed by atoms with Crippen molar-refractivity contribution in [1.29, 1.82) is 0 Å². The van der Waals surface area contributed by atoms with Gasteiger partial charge in [-0.05, 0) is 31.2 Å². The predicted molar refractivity (Wildman–Crippen MR) is 77.6 cm³/mol. The van der Waals surface area contributed by atoms with E-state index in [0.29, 0.717) is 12.3 Å². The molecule has 1 aromatic rings. The third-order valence-corrected chi connectivity index (χ3v) is 4.13. The maximum absolute atomic E-state index is 12.0. The fraction of sp³-hybridized carbons (Fsp3) is 0.562. The molecule has 0 bridgehead atoms. The average Bonchev–Trinajstić information content (AvgIpc) is 2.93. The van der Waals surface area contributed by atoms with Crippen molar-refractivity contribution in [3.8, 4) is 0 Å². The van der Waals surface area contributed by atoms with Crippen molar-refractivity contribution in [3.05, 3.63) is 35.9 Å². The molecule has 1 fully saturated rings. The SMILES string of the molecule is C[C@H](NC(=O)CC(N)c1ccccc1)C1CCCC1. The van der Waals surface area contributed by atoms with Crippen molar-refractivity contribution < 1.29 is 4.79 Å². The molecule has 3 nitrogen and oxygen atoms in total. The number of rotatable bonds is 5. The lowest BCUT2D eigenvalue weighted by atomic mass is 9.99. The largest absolute Gasteiger partial charge is 0.353 e. The molecule has 0 saturated heterocycles. The zero-order chi connectivity index (χ0) is 13.7. The molecule has 2 rings (SSSR count). The molecule has 3 heteroatoms. The third kappa shape index (κ3) is 4.06. The van der Waals surface area contributed by atoms with Gasteiger partial charge in [0.2, 0.25) is 5.91 Å². The minimum atomic E-state index is -0.211. The molecular weight excluding hydrogens is 236 g/mol. The van der Waals surface area contributed by atoms with Crippen LogP contribution in [0.3, 0.4) is 0 Å². The molecule has 0 aromatic heterocycles. The fourth-order valence-corrected chi connectivity index (χ4v) is 2.91. The molecule has 0 aliphatic heterocycles. The van der Waals surface area contributed by atoms with Crippen LogP contribution in [0.25, 0.3) is 0 Å². The van der Waals surface area contributed by atoms with Gasteiger partial charge in [-0.25, -0.2) is 0 Å². The summed E-state index contributed by atoms with van der Waals surface area (Å²) < 4.78 is 0. The van der Waals surface area contributed by atoms with Crippen molar-refractivity contribution in [1.82, 2.24) is 5.32 Å². The Morgan fingerprint density at radius 3 is 2.58 bits per heavy atom. The summed E-state index contributed by atoms with van der Waals surface area (Å²) in [4.78, 5) is 12.0. The van der Waals surface area contributed by atoms with Gasteiger partial charge in [-0.2, -0.15) is 0 Å². The van der Waals surface area contributed by atoms with Gasteiger partial charge < -0.3 is 11.1 Å². The number of hydrogen-bond donors (Lipinski definition) is 2. The van der Waals surface area contributed by atoms with E-state index in [1.165, 1.54) is 25.7 Å². The number of nitrogens with one attached hydrogen (secondary N) is 1. The predicted octanol–water partition coefficient (Wildman–Crippen LogP) is 2.77. The first-order valence-corrected chi connectivity index (χ1v) is 7.26. The van der Waals surface area contributed by atoms with Gasteiger partial charge in [-0.3, -0.25) is 4.79 Å². The van der Waals surface area contributed by atoms with Crippen LogP contribution in [0.4, 0.5) is 0 Å². The van der Waals surface area contributed by atoms with Gasteiger partial charge in [0.15, 0.2) is 0 Å². The summed E-state index contributed by atoms with van der Waals surface area (Å²) >= 11 is 0. The van der Waals surface area contributed by atoms with Gasteiger partial charge in [0.1, 0.15) is 0 Å². The highest BCUT2D eigenvalue weighted by molar-refractivity contribution is 5.77. The highest BCUT2D eigenvalue weighted by atomic mass is 16.1. The zero-order valence-electron chi connectivity index (χ0n) is 11.6. The minimum Gasteiger partial charge on any atom is -0.353 e. The Balaban J connectivity index is 1.80. The average molecular weight is 260 g/mol. The summed E-state index contributed by atoms with van der Waals surface area (Å²) in [5.74, 6) is 0.715. The van der Waals surface area contributed by atoms with E-state index >= 15 is 0 Å². The molecule has 2 atom stereocenters. The van der Waals surface area contributed by atoms with Crippen LogP contribution in [0.1, 0.15) is 50.6 Å². The summed E-state index contributed by atoms with van der Waals surface area (Å²) in [6.45, 7) is 2.11. The molecule has 1 amide bonds. The lowest BCUT2D eigenvalue weighted by molar-refractivity contribution is -0.122. The van der Waals surface area contributed by atoms with Gasteiger partial charge >= 0.3 is 0 Å². The van der Waals surface area contributed by atoms with Crippen LogP contribution >= 0.6 is 0 Å². The monoisotopic (exact) mass is 260 g/mol. The summed E-state index contributed by atoms with van der Waals surface area (Å²) in [6.07, 6.45) is 5.45. The zero-order valence-corrected chi connectivity index (χ0v) is 11.6. The first kappa shape index (κ1) is 14.1. The van der Waals surface area contributed by atoms with Gasteiger partial charge in [0, 0.05) is 18.5 Å². The van der Waals surface area contributed by atoms with Crippen LogP contribution in [-0.2, 0) is 4.79 Å². The molecule has 1 aliphatic rings. The maximum Gasteiger partial charge on any atom is 0.222 e. The van der Waals surface area contributed by atoms with Crippen LogP contribution in [0.5, 0.6) is 0 Å². The Morgan fingerprint density at radius 1 is 1.32 bits per heavy atom. The summed E-state index contributed by atoms with van der Waals surface area (Å²) in [7, 11) is 0. The smallest absolute Gasteiger partial charge is 0.222 e. The van der Waals surface area contributed by atoms with E-state index in [4.69, 9.17) is 5.73 Å². The van der Waals surface area contributed by atoms with E-state index < -0.39 is 0 Å². The molecule has 1 saturated carbocycles. The van der Waals surface area contributed by atoms with Gasteiger partial charge in [-0.15, -0.1) is 0 Å². The Kier molecular flexibility index (Phi) is 4.97. The first-order chi connectivity index (χ1) is 9.16. The minimum absolute atomic E-state index is 0.0655. The Morgan fingerprint density at radius 2 is 1.95 bits per heavy atom. The van der Waals surface area contributed by atoms with Crippen LogP contribution < -0.4 is 11.1 Å². The maximum atomic E-state index is 12.0. The van der Waals surface area contributed by atoms with Crippen LogP contribution in [0.2, 0.25) is 0 Å². The quantitative estimate of drug-likeness (QED) is 0.855. The number of carbonyl (C=O) groups is 1. The van der Waals surface area contributed by atoms with E-state index in [2.05, 4.69) is 12.2 Å². The molecule has 19 heavy (non-hydrogen) atoms. The molecule has 0 spiro atoms. The second kappa shape index (κ2) is 6.71. The van der Waals surface area contributed by atoms with Gasteiger partial charge in [-0.1, -0.05) is 43.2 Å². The van der Waals surface area contributed by atoms with E-state index in [0.717, 1.165) is 5.56 Å². The van der Waals surface area contributed by atoms with Crippen molar-refractivity contribution in [2.75, 3.05) is 0 Å². The molecule has 1 unspecified atom stereocenters. The third-order valence-electron chi connectivity index (χ3n) is 4.13. The van der Waals surface area contributed by atoms with Crippen molar-refractivity contribution in [2.45, 2.75) is 51.1 Å². The topological polar surface area (TPSA) is 55.1 Å². The molecule has 1 aliphatic carbocycles. The molecular formula is C16H24N2O. The second-order valence-electron chi connectivity index (χ2n) is 5.62. The van der Waals surface area contributed by atoms with E-state index in [1.807, 2.05) is 30.3 Å². The van der Waals surface area contributed by atoms with Crippen LogP contribution in [0, 0.1) is 5.92 Å². The normalized spacial score (nSPS) is 19.1. The van der Waals surface area contributed by atoms with Crippen LogP contribution in [0.15, 0.2) is 30.3 Å². The van der Waals surface area contributed by atoms with Crippen molar-refractivity contribution in [3.63, 3.8) is 0 Å². The van der Waals surface area contributed by atoms with E-state index in [9.17, 15) is 4.79 Å². The van der Waals surface area contributed by atoms with E-state index in [-0.39, 0.29) is 18.0 Å². The molecule has 0 radical (unpaired) electrons. The Labute approximate surface area is 115 Å². The number of benzene rings is 1. The number of nitrogens with two attached hydrogens (primary N) is 1. The highest BCUT2D eigenvalue weighted by Gasteiger charge is 2.23. The molecule has 1 aromatic carbocycles. The second-order valence-corrected chi connectivity index (χ2v) is 5.62. The Hall–Kier alpha value is -1.35. The van der Waals surface area contributed by atoms with Gasteiger partial charge in [0.05, 0.1) is 0 Å². The molecule has 104 valence electrons. The highest BCUT2D eigenvalue weighted by Crippen LogP contribution is 2.27. The number of carbonyl (C=O) groups excluding carboxylic acids is 1. The summed E-state index contributed by atoms with van der Waals surface area (Å²) in [6, 6.07) is 9.87.